The lowest BCUT2D eigenvalue weighted by atomic mass is 10.2. The van der Waals surface area contributed by atoms with Gasteiger partial charge in [-0.2, -0.15) is 4.98 Å². The summed E-state index contributed by atoms with van der Waals surface area (Å²) in [5, 5.41) is 18.8. The topological polar surface area (TPSA) is 111 Å². The highest BCUT2D eigenvalue weighted by molar-refractivity contribution is 5.23. The minimum absolute atomic E-state index is 0.138. The molecule has 7 heteroatoms. The molecule has 0 unspecified atom stereocenters. The normalized spacial score (nSPS) is 28.0. The van der Waals surface area contributed by atoms with Crippen LogP contribution < -0.4 is 11.4 Å². The summed E-state index contributed by atoms with van der Waals surface area (Å²) in [5.74, 6) is 0.138. The first-order valence-electron chi connectivity index (χ1n) is 5.57. The summed E-state index contributed by atoms with van der Waals surface area (Å²) in [5.41, 5.74) is 4.88. The zero-order chi connectivity index (χ0) is 13.1. The molecule has 0 aliphatic carbocycles. The second-order valence-electron chi connectivity index (χ2n) is 4.01. The van der Waals surface area contributed by atoms with E-state index in [1.54, 1.807) is 6.08 Å². The Bertz CT molecular complexity index is 499. The van der Waals surface area contributed by atoms with Crippen LogP contribution in [0.4, 0.5) is 5.82 Å². The van der Waals surface area contributed by atoms with E-state index in [1.165, 1.54) is 22.9 Å². The summed E-state index contributed by atoms with van der Waals surface area (Å²) >= 11 is 0. The zero-order valence-corrected chi connectivity index (χ0v) is 9.64. The SMILES string of the molecule is Nc1ccn([C@H]2CC=C[C@H](O)[C@@H](CO)O2)c(=O)n1. The van der Waals surface area contributed by atoms with Crippen molar-refractivity contribution in [1.82, 2.24) is 9.55 Å². The Labute approximate surface area is 103 Å². The number of aliphatic hydroxyl groups is 2. The number of rotatable bonds is 2. The van der Waals surface area contributed by atoms with Gasteiger partial charge in [0.25, 0.3) is 0 Å². The predicted molar refractivity (Wildman–Crippen MR) is 63.7 cm³/mol. The van der Waals surface area contributed by atoms with Crippen molar-refractivity contribution in [3.05, 3.63) is 34.9 Å². The molecule has 0 amide bonds. The smallest absolute Gasteiger partial charge is 0.351 e. The summed E-state index contributed by atoms with van der Waals surface area (Å²) in [7, 11) is 0. The monoisotopic (exact) mass is 253 g/mol. The summed E-state index contributed by atoms with van der Waals surface area (Å²) in [6.07, 6.45) is 2.85. The number of nitrogens with zero attached hydrogens (tertiary/aromatic N) is 2. The van der Waals surface area contributed by atoms with Crippen LogP contribution in [0.1, 0.15) is 12.6 Å². The predicted octanol–water partition coefficient (Wildman–Crippen LogP) is -0.978. The summed E-state index contributed by atoms with van der Waals surface area (Å²) in [6.45, 7) is -0.334. The van der Waals surface area contributed by atoms with E-state index in [1.807, 2.05) is 0 Å². The van der Waals surface area contributed by atoms with E-state index in [0.29, 0.717) is 6.42 Å². The maximum atomic E-state index is 11.7. The lowest BCUT2D eigenvalue weighted by Gasteiger charge is -2.23. The second kappa shape index (κ2) is 5.30. The largest absolute Gasteiger partial charge is 0.394 e. The van der Waals surface area contributed by atoms with E-state index in [-0.39, 0.29) is 12.4 Å². The van der Waals surface area contributed by atoms with Crippen molar-refractivity contribution >= 4 is 5.82 Å². The van der Waals surface area contributed by atoms with E-state index >= 15 is 0 Å². The van der Waals surface area contributed by atoms with Gasteiger partial charge in [0.05, 0.1) is 6.61 Å². The number of ether oxygens (including phenoxy) is 1. The fourth-order valence-electron chi connectivity index (χ4n) is 1.77. The summed E-state index contributed by atoms with van der Waals surface area (Å²) in [6, 6.07) is 1.49. The van der Waals surface area contributed by atoms with Crippen molar-refractivity contribution in [1.29, 1.82) is 0 Å². The standard InChI is InChI=1S/C11H15N3O4/c12-9-4-5-14(11(17)13-9)10-3-1-2-7(16)8(6-15)18-10/h1-2,4-5,7-8,10,15-16H,3,6H2,(H2,12,13,17)/t7-,8+,10+/m0/s1. The van der Waals surface area contributed by atoms with E-state index in [9.17, 15) is 9.90 Å². The first-order chi connectivity index (χ1) is 8.61. The van der Waals surface area contributed by atoms with E-state index < -0.39 is 24.1 Å². The average molecular weight is 253 g/mol. The van der Waals surface area contributed by atoms with Crippen LogP contribution >= 0.6 is 0 Å². The molecule has 1 aromatic heterocycles. The van der Waals surface area contributed by atoms with Gasteiger partial charge in [0.15, 0.2) is 0 Å². The lowest BCUT2D eigenvalue weighted by Crippen LogP contribution is -2.35. The van der Waals surface area contributed by atoms with Crippen molar-refractivity contribution in [2.75, 3.05) is 12.3 Å². The third-order valence-corrected chi connectivity index (χ3v) is 2.73. The van der Waals surface area contributed by atoms with Gasteiger partial charge in [-0.25, -0.2) is 4.79 Å². The summed E-state index contributed by atoms with van der Waals surface area (Å²) in [4.78, 5) is 15.3. The minimum Gasteiger partial charge on any atom is -0.394 e. The van der Waals surface area contributed by atoms with Crippen LogP contribution in [0.25, 0.3) is 0 Å². The molecule has 2 rings (SSSR count). The van der Waals surface area contributed by atoms with Gasteiger partial charge in [-0.3, -0.25) is 4.57 Å². The number of hydrogen-bond acceptors (Lipinski definition) is 6. The van der Waals surface area contributed by atoms with Gasteiger partial charge in [0.2, 0.25) is 0 Å². The zero-order valence-electron chi connectivity index (χ0n) is 9.64. The van der Waals surface area contributed by atoms with Crippen LogP contribution in [0.15, 0.2) is 29.2 Å². The second-order valence-corrected chi connectivity index (χ2v) is 4.01. The average Bonchev–Trinajstić information content (AvgIpc) is 2.51. The van der Waals surface area contributed by atoms with Gasteiger partial charge in [-0.05, 0) is 6.07 Å². The fraction of sp³-hybridized carbons (Fsp3) is 0.455. The molecule has 2 heterocycles. The van der Waals surface area contributed by atoms with Crippen LogP contribution in [0.2, 0.25) is 0 Å². The third-order valence-electron chi connectivity index (χ3n) is 2.73. The molecule has 0 saturated heterocycles. The molecule has 0 bridgehead atoms. The number of nitrogen functional groups attached to an aromatic ring is 1. The van der Waals surface area contributed by atoms with Crippen LogP contribution in [0, 0.1) is 0 Å². The van der Waals surface area contributed by atoms with Crippen molar-refractivity contribution in [3.63, 3.8) is 0 Å². The van der Waals surface area contributed by atoms with Gasteiger partial charge in [0.1, 0.15) is 24.3 Å². The van der Waals surface area contributed by atoms with Crippen molar-refractivity contribution < 1.29 is 14.9 Å². The molecule has 0 aromatic carbocycles. The quantitative estimate of drug-likeness (QED) is 0.584. The van der Waals surface area contributed by atoms with E-state index in [2.05, 4.69) is 4.98 Å². The Morgan fingerprint density at radius 2 is 2.39 bits per heavy atom. The molecule has 98 valence electrons. The molecule has 18 heavy (non-hydrogen) atoms. The van der Waals surface area contributed by atoms with Crippen molar-refractivity contribution in [2.45, 2.75) is 24.9 Å². The highest BCUT2D eigenvalue weighted by Gasteiger charge is 2.25. The first kappa shape index (κ1) is 12.7. The first-order valence-corrected chi connectivity index (χ1v) is 5.57. The highest BCUT2D eigenvalue weighted by atomic mass is 16.5. The fourth-order valence-corrected chi connectivity index (χ4v) is 1.77. The van der Waals surface area contributed by atoms with Crippen molar-refractivity contribution in [2.24, 2.45) is 0 Å². The van der Waals surface area contributed by atoms with E-state index in [0.717, 1.165) is 0 Å². The number of anilines is 1. The number of aliphatic hydroxyl groups excluding tert-OH is 2. The van der Waals surface area contributed by atoms with Gasteiger partial charge in [0, 0.05) is 12.6 Å². The molecule has 7 nitrogen and oxygen atoms in total. The Balaban J connectivity index is 2.27. The Hall–Kier alpha value is -1.70. The molecule has 1 aromatic rings. The lowest BCUT2D eigenvalue weighted by molar-refractivity contribution is -0.107. The number of nitrogens with two attached hydrogens (primary N) is 1. The molecule has 0 spiro atoms. The molecular formula is C11H15N3O4. The molecule has 0 radical (unpaired) electrons. The van der Waals surface area contributed by atoms with Crippen LogP contribution in [0.5, 0.6) is 0 Å². The molecule has 4 N–H and O–H groups in total. The van der Waals surface area contributed by atoms with Crippen molar-refractivity contribution in [3.8, 4) is 0 Å². The molecule has 1 aliphatic rings. The van der Waals surface area contributed by atoms with Crippen LogP contribution in [-0.2, 0) is 4.74 Å². The Morgan fingerprint density at radius 3 is 3.06 bits per heavy atom. The molecule has 0 saturated carbocycles. The Morgan fingerprint density at radius 1 is 1.61 bits per heavy atom. The van der Waals surface area contributed by atoms with Crippen LogP contribution in [0.3, 0.4) is 0 Å². The van der Waals surface area contributed by atoms with Gasteiger partial charge < -0.3 is 20.7 Å². The highest BCUT2D eigenvalue weighted by Crippen LogP contribution is 2.20. The number of hydrogen-bond donors (Lipinski definition) is 3. The maximum absolute atomic E-state index is 11.7. The number of aromatic nitrogens is 2. The molecular weight excluding hydrogens is 238 g/mol. The molecule has 0 fully saturated rings. The van der Waals surface area contributed by atoms with E-state index in [4.69, 9.17) is 15.6 Å². The third kappa shape index (κ3) is 2.58. The molecule has 1 aliphatic heterocycles. The maximum Gasteiger partial charge on any atom is 0.351 e. The Kier molecular flexibility index (Phi) is 3.75. The van der Waals surface area contributed by atoms with Crippen LogP contribution in [-0.4, -0.2) is 38.6 Å². The summed E-state index contributed by atoms with van der Waals surface area (Å²) < 4.78 is 6.78. The molecule has 3 atom stereocenters. The minimum atomic E-state index is -0.891. The van der Waals surface area contributed by atoms with Gasteiger partial charge in [-0.1, -0.05) is 12.2 Å². The van der Waals surface area contributed by atoms with Gasteiger partial charge >= 0.3 is 5.69 Å². The van der Waals surface area contributed by atoms with Gasteiger partial charge in [-0.15, -0.1) is 0 Å².